The Morgan fingerprint density at radius 2 is 1.81 bits per heavy atom. The molecule has 0 spiro atoms. The first-order valence-corrected chi connectivity index (χ1v) is 9.95. The van der Waals surface area contributed by atoms with Crippen LogP contribution in [0.3, 0.4) is 0 Å². The lowest BCUT2D eigenvalue weighted by molar-refractivity contribution is -0.137. The number of carbonyl (C=O) groups excluding carboxylic acids is 1. The Kier molecular flexibility index (Phi) is 5.00. The number of anilines is 1. The number of alkyl halides is 3. The second-order valence-electron chi connectivity index (χ2n) is 6.33. The van der Waals surface area contributed by atoms with E-state index in [-0.39, 0.29) is 6.54 Å². The fourth-order valence-electron chi connectivity index (χ4n) is 3.02. The maximum atomic E-state index is 13.1. The molecule has 2 aromatic carbocycles. The number of fused-ring (bicyclic) bond motifs is 1. The van der Waals surface area contributed by atoms with Crippen molar-refractivity contribution in [2.75, 3.05) is 18.1 Å². The van der Waals surface area contributed by atoms with E-state index in [9.17, 15) is 26.4 Å². The minimum atomic E-state index is -4.64. The largest absolute Gasteiger partial charge is 0.417 e. The van der Waals surface area contributed by atoms with Crippen molar-refractivity contribution < 1.29 is 26.4 Å². The monoisotopic (exact) mass is 398 g/mol. The van der Waals surface area contributed by atoms with Crippen molar-refractivity contribution in [3.05, 3.63) is 64.7 Å². The topological polar surface area (TPSA) is 66.5 Å². The maximum absolute atomic E-state index is 13.1. The van der Waals surface area contributed by atoms with Crippen molar-refractivity contribution in [1.29, 1.82) is 0 Å². The van der Waals surface area contributed by atoms with Crippen LogP contribution < -0.4 is 5.32 Å². The molecule has 0 radical (unpaired) electrons. The Bertz CT molecular complexity index is 988. The lowest BCUT2D eigenvalue weighted by Gasteiger charge is -2.27. The molecule has 2 aromatic rings. The first kappa shape index (κ1) is 19.4. The van der Waals surface area contributed by atoms with E-state index in [0.717, 1.165) is 24.0 Å². The van der Waals surface area contributed by atoms with E-state index in [2.05, 4.69) is 5.32 Å². The summed E-state index contributed by atoms with van der Waals surface area (Å²) in [5.74, 6) is -0.876. The predicted octanol–water partition coefficient (Wildman–Crippen LogP) is 3.28. The number of nitrogens with zero attached hydrogens (tertiary/aromatic N) is 1. The van der Waals surface area contributed by atoms with E-state index in [0.29, 0.717) is 24.2 Å². The van der Waals surface area contributed by atoms with Crippen LogP contribution in [0.5, 0.6) is 0 Å². The molecule has 9 heteroatoms. The molecule has 1 heterocycles. The van der Waals surface area contributed by atoms with Crippen molar-refractivity contribution in [2.45, 2.75) is 19.1 Å². The van der Waals surface area contributed by atoms with E-state index in [1.54, 1.807) is 18.2 Å². The van der Waals surface area contributed by atoms with Crippen LogP contribution >= 0.6 is 0 Å². The molecule has 144 valence electrons. The third-order valence-electron chi connectivity index (χ3n) is 4.39. The molecule has 0 saturated carbocycles. The molecular weight excluding hydrogens is 381 g/mol. The average molecular weight is 398 g/mol. The number of amides is 1. The number of hydrogen-bond acceptors (Lipinski definition) is 3. The van der Waals surface area contributed by atoms with Gasteiger partial charge in [0.05, 0.1) is 17.4 Å². The molecule has 0 atom stereocenters. The minimum absolute atomic E-state index is 0.164. The number of halogens is 3. The molecule has 0 bridgehead atoms. The van der Waals surface area contributed by atoms with Gasteiger partial charge in [-0.3, -0.25) is 4.79 Å². The Morgan fingerprint density at radius 1 is 1.11 bits per heavy atom. The van der Waals surface area contributed by atoms with Crippen molar-refractivity contribution >= 4 is 21.6 Å². The summed E-state index contributed by atoms with van der Waals surface area (Å²) in [6.45, 7) is 0.535. The van der Waals surface area contributed by atoms with Crippen molar-refractivity contribution in [1.82, 2.24) is 4.31 Å². The second-order valence-corrected chi connectivity index (χ2v) is 8.31. The summed E-state index contributed by atoms with van der Waals surface area (Å²) >= 11 is 0. The Morgan fingerprint density at radius 3 is 2.48 bits per heavy atom. The molecular formula is C18H17F3N2O3S. The van der Waals surface area contributed by atoms with Gasteiger partial charge in [0, 0.05) is 18.8 Å². The van der Waals surface area contributed by atoms with Gasteiger partial charge in [-0.15, -0.1) is 0 Å². The van der Waals surface area contributed by atoms with Crippen LogP contribution in [-0.2, 0) is 29.2 Å². The Hall–Kier alpha value is -2.39. The van der Waals surface area contributed by atoms with Gasteiger partial charge < -0.3 is 5.32 Å². The summed E-state index contributed by atoms with van der Waals surface area (Å²) in [7, 11) is -3.35. The zero-order valence-electron chi connectivity index (χ0n) is 14.4. The summed E-state index contributed by atoms with van der Waals surface area (Å²) in [4.78, 5) is 12.4. The molecule has 0 unspecified atom stereocenters. The highest BCUT2D eigenvalue weighted by molar-refractivity contribution is 7.88. The average Bonchev–Trinajstić information content (AvgIpc) is 2.59. The molecule has 0 aliphatic carbocycles. The van der Waals surface area contributed by atoms with Crippen LogP contribution in [0.15, 0.2) is 42.5 Å². The van der Waals surface area contributed by atoms with Crippen molar-refractivity contribution in [3.8, 4) is 0 Å². The van der Waals surface area contributed by atoms with E-state index in [1.165, 1.54) is 16.4 Å². The highest BCUT2D eigenvalue weighted by atomic mass is 32.2. The molecule has 0 aromatic heterocycles. The SMILES string of the molecule is CS(=O)(=O)N1CCc2ccc(NC(=O)c3ccccc3C(F)(F)F)cc2C1. The standard InChI is InChI=1S/C18H17F3N2O3S/c1-27(25,26)23-9-8-12-6-7-14(10-13(12)11-23)22-17(24)15-4-2-3-5-16(15)18(19,20)21/h2-7,10H,8-9,11H2,1H3,(H,22,24). The van der Waals surface area contributed by atoms with Crippen molar-refractivity contribution in [3.63, 3.8) is 0 Å². The van der Waals surface area contributed by atoms with Crippen molar-refractivity contribution in [2.24, 2.45) is 0 Å². The predicted molar refractivity (Wildman–Crippen MR) is 94.8 cm³/mol. The molecule has 1 N–H and O–H groups in total. The summed E-state index contributed by atoms with van der Waals surface area (Å²) < 4.78 is 64.0. The zero-order chi connectivity index (χ0) is 19.8. The summed E-state index contributed by atoms with van der Waals surface area (Å²) in [5, 5.41) is 2.47. The van der Waals surface area contributed by atoms with Gasteiger partial charge >= 0.3 is 6.18 Å². The molecule has 1 amide bonds. The summed E-state index contributed by atoms with van der Waals surface area (Å²) in [5.41, 5.74) is 0.493. The van der Waals surface area contributed by atoms with Gasteiger partial charge in [-0.05, 0) is 41.8 Å². The normalized spacial score (nSPS) is 15.3. The highest BCUT2D eigenvalue weighted by Gasteiger charge is 2.35. The zero-order valence-corrected chi connectivity index (χ0v) is 15.2. The molecule has 27 heavy (non-hydrogen) atoms. The molecule has 1 aliphatic rings. The van der Waals surface area contributed by atoms with Gasteiger partial charge in [-0.25, -0.2) is 8.42 Å². The first-order chi connectivity index (χ1) is 12.6. The van der Waals surface area contributed by atoms with Gasteiger partial charge in [-0.1, -0.05) is 18.2 Å². The van der Waals surface area contributed by atoms with Crippen LogP contribution in [0, 0.1) is 0 Å². The highest BCUT2D eigenvalue weighted by Crippen LogP contribution is 2.32. The number of hydrogen-bond donors (Lipinski definition) is 1. The van der Waals surface area contributed by atoms with E-state index < -0.39 is 33.2 Å². The number of benzene rings is 2. The van der Waals surface area contributed by atoms with Crippen LogP contribution in [-0.4, -0.2) is 31.4 Å². The van der Waals surface area contributed by atoms with Crippen LogP contribution in [0.1, 0.15) is 27.0 Å². The summed E-state index contributed by atoms with van der Waals surface area (Å²) in [6, 6.07) is 9.50. The fraction of sp³-hybridized carbons (Fsp3) is 0.278. The van der Waals surface area contributed by atoms with Gasteiger partial charge in [0.2, 0.25) is 10.0 Å². The third-order valence-corrected chi connectivity index (χ3v) is 5.64. The molecule has 0 fully saturated rings. The van der Waals surface area contributed by atoms with Gasteiger partial charge in [0.25, 0.3) is 5.91 Å². The lowest BCUT2D eigenvalue weighted by Crippen LogP contribution is -2.35. The maximum Gasteiger partial charge on any atom is 0.417 e. The minimum Gasteiger partial charge on any atom is -0.322 e. The second kappa shape index (κ2) is 6.97. The van der Waals surface area contributed by atoms with E-state index >= 15 is 0 Å². The van der Waals surface area contributed by atoms with Crippen LogP contribution in [0.25, 0.3) is 0 Å². The Labute approximate surface area is 154 Å². The fourth-order valence-corrected chi connectivity index (χ4v) is 3.82. The van der Waals surface area contributed by atoms with Crippen LogP contribution in [0.2, 0.25) is 0 Å². The van der Waals surface area contributed by atoms with E-state index in [1.807, 2.05) is 0 Å². The first-order valence-electron chi connectivity index (χ1n) is 8.10. The lowest BCUT2D eigenvalue weighted by atomic mass is 10.00. The van der Waals surface area contributed by atoms with Crippen LogP contribution in [0.4, 0.5) is 18.9 Å². The third kappa shape index (κ3) is 4.30. The number of nitrogens with one attached hydrogen (secondary N) is 1. The number of sulfonamides is 1. The van der Waals surface area contributed by atoms with Gasteiger partial charge in [-0.2, -0.15) is 17.5 Å². The quantitative estimate of drug-likeness (QED) is 0.863. The smallest absolute Gasteiger partial charge is 0.322 e. The molecule has 0 saturated heterocycles. The molecule has 1 aliphatic heterocycles. The number of carbonyl (C=O) groups is 1. The molecule has 3 rings (SSSR count). The summed E-state index contributed by atoms with van der Waals surface area (Å²) in [6.07, 6.45) is -2.98. The van der Waals surface area contributed by atoms with Gasteiger partial charge in [0.15, 0.2) is 0 Å². The molecule has 5 nitrogen and oxygen atoms in total. The van der Waals surface area contributed by atoms with E-state index in [4.69, 9.17) is 0 Å². The van der Waals surface area contributed by atoms with Gasteiger partial charge in [0.1, 0.15) is 0 Å². The Balaban J connectivity index is 1.85. The number of rotatable bonds is 3.